The average molecular weight is 484 g/mol. The Morgan fingerprint density at radius 3 is 2.48 bits per heavy atom. The van der Waals surface area contributed by atoms with Crippen molar-refractivity contribution >= 4 is 40.7 Å². The number of ether oxygens (including phenoxy) is 3. The number of hydrazone groups is 1. The van der Waals surface area contributed by atoms with Gasteiger partial charge in [0.2, 0.25) is 0 Å². The maximum Gasteiger partial charge on any atom is 0.341 e. The van der Waals surface area contributed by atoms with Crippen molar-refractivity contribution in [2.45, 2.75) is 0 Å². The van der Waals surface area contributed by atoms with Crippen LogP contribution in [-0.4, -0.2) is 44.0 Å². The van der Waals surface area contributed by atoms with Crippen LogP contribution in [0.25, 0.3) is 0 Å². The summed E-state index contributed by atoms with van der Waals surface area (Å²) in [7, 11) is 3.00. The standard InChI is InChI=1S/C18H17IN2O6/c1-25-13-5-3-12(4-6-13)18(24)21-20-9-11-7-14(19)17(15(8-11)26-2)27-10-16(22)23/h3-9H,10H2,1-2H3,(H,21,24)(H,22,23)/b20-9+. The molecule has 9 heteroatoms. The molecule has 2 aromatic carbocycles. The predicted octanol–water partition coefficient (Wildman–Crippen LogP) is 2.54. The van der Waals surface area contributed by atoms with Crippen molar-refractivity contribution in [3.63, 3.8) is 0 Å². The molecular formula is C18H17IN2O6. The molecule has 2 aromatic rings. The van der Waals surface area contributed by atoms with Crippen molar-refractivity contribution in [2.24, 2.45) is 5.10 Å². The van der Waals surface area contributed by atoms with E-state index in [2.05, 4.69) is 10.5 Å². The fourth-order valence-corrected chi connectivity index (χ4v) is 2.84. The Morgan fingerprint density at radius 2 is 1.89 bits per heavy atom. The molecule has 1 amide bonds. The highest BCUT2D eigenvalue weighted by Crippen LogP contribution is 2.33. The van der Waals surface area contributed by atoms with E-state index in [1.807, 2.05) is 22.6 Å². The van der Waals surface area contributed by atoms with Gasteiger partial charge in [0.05, 0.1) is 24.0 Å². The number of carbonyl (C=O) groups is 2. The smallest absolute Gasteiger partial charge is 0.341 e. The molecule has 0 unspecified atom stereocenters. The van der Waals surface area contributed by atoms with E-state index in [1.165, 1.54) is 13.3 Å². The maximum atomic E-state index is 12.1. The highest BCUT2D eigenvalue weighted by molar-refractivity contribution is 14.1. The summed E-state index contributed by atoms with van der Waals surface area (Å²) in [5.41, 5.74) is 3.52. The van der Waals surface area contributed by atoms with Crippen molar-refractivity contribution in [2.75, 3.05) is 20.8 Å². The summed E-state index contributed by atoms with van der Waals surface area (Å²) in [5.74, 6) is -0.0929. The van der Waals surface area contributed by atoms with Crippen LogP contribution in [0.3, 0.4) is 0 Å². The number of benzene rings is 2. The molecule has 2 rings (SSSR count). The van der Waals surface area contributed by atoms with E-state index in [1.54, 1.807) is 43.5 Å². The summed E-state index contributed by atoms with van der Waals surface area (Å²) in [5, 5.41) is 12.7. The molecule has 0 radical (unpaired) electrons. The molecule has 0 bridgehead atoms. The SMILES string of the molecule is COc1ccc(C(=O)N/N=C/c2cc(I)c(OCC(=O)O)c(OC)c2)cc1. The fourth-order valence-electron chi connectivity index (χ4n) is 2.06. The molecule has 8 nitrogen and oxygen atoms in total. The van der Waals surface area contributed by atoms with Gasteiger partial charge < -0.3 is 19.3 Å². The monoisotopic (exact) mass is 484 g/mol. The summed E-state index contributed by atoms with van der Waals surface area (Å²) in [6.45, 7) is -0.474. The lowest BCUT2D eigenvalue weighted by Gasteiger charge is -2.12. The molecule has 0 aromatic heterocycles. The molecule has 0 saturated heterocycles. The third-order valence-electron chi connectivity index (χ3n) is 3.32. The Kier molecular flexibility index (Phi) is 7.41. The highest BCUT2D eigenvalue weighted by Gasteiger charge is 2.12. The Hall–Kier alpha value is -2.82. The number of methoxy groups -OCH3 is 2. The Labute approximate surface area is 169 Å². The number of halogens is 1. The number of amides is 1. The number of carboxylic acids is 1. The minimum absolute atomic E-state index is 0.333. The zero-order chi connectivity index (χ0) is 19.8. The van der Waals surface area contributed by atoms with Gasteiger partial charge in [-0.2, -0.15) is 5.10 Å². The van der Waals surface area contributed by atoms with Crippen LogP contribution in [0.2, 0.25) is 0 Å². The number of hydrogen-bond donors (Lipinski definition) is 2. The average Bonchev–Trinajstić information content (AvgIpc) is 2.66. The Bertz CT molecular complexity index is 852. The van der Waals surface area contributed by atoms with Crippen LogP contribution in [0.1, 0.15) is 15.9 Å². The van der Waals surface area contributed by atoms with Gasteiger partial charge in [0.1, 0.15) is 5.75 Å². The van der Waals surface area contributed by atoms with Crippen LogP contribution < -0.4 is 19.6 Å². The molecule has 0 aliphatic rings. The van der Waals surface area contributed by atoms with Crippen molar-refractivity contribution in [1.82, 2.24) is 5.43 Å². The highest BCUT2D eigenvalue weighted by atomic mass is 127. The molecule has 0 aliphatic heterocycles. The van der Waals surface area contributed by atoms with E-state index in [0.717, 1.165) is 0 Å². The maximum absolute atomic E-state index is 12.1. The normalized spacial score (nSPS) is 10.5. The molecule has 0 saturated carbocycles. The lowest BCUT2D eigenvalue weighted by Crippen LogP contribution is -2.17. The van der Waals surface area contributed by atoms with Gasteiger partial charge in [0.25, 0.3) is 5.91 Å². The van der Waals surface area contributed by atoms with Crippen molar-refractivity contribution < 1.29 is 28.9 Å². The summed E-state index contributed by atoms with van der Waals surface area (Å²) in [4.78, 5) is 22.7. The number of hydrogen-bond acceptors (Lipinski definition) is 6. The quantitative estimate of drug-likeness (QED) is 0.339. The molecule has 142 valence electrons. The Balaban J connectivity index is 2.08. The molecule has 0 fully saturated rings. The molecular weight excluding hydrogens is 467 g/mol. The summed E-state index contributed by atoms with van der Waals surface area (Å²) in [6.07, 6.45) is 1.45. The number of carboxylic acid groups (broad SMARTS) is 1. The zero-order valence-electron chi connectivity index (χ0n) is 14.6. The largest absolute Gasteiger partial charge is 0.497 e. The first-order valence-electron chi connectivity index (χ1n) is 7.64. The third-order valence-corrected chi connectivity index (χ3v) is 4.12. The van der Waals surface area contributed by atoms with Crippen LogP contribution in [-0.2, 0) is 4.79 Å². The second kappa shape index (κ2) is 9.76. The number of nitrogens with one attached hydrogen (secondary N) is 1. The topological polar surface area (TPSA) is 106 Å². The van der Waals surface area contributed by atoms with Crippen LogP contribution in [0.4, 0.5) is 0 Å². The summed E-state index contributed by atoms with van der Waals surface area (Å²) >= 11 is 2.00. The van der Waals surface area contributed by atoms with E-state index in [0.29, 0.717) is 31.9 Å². The number of aliphatic carboxylic acids is 1. The van der Waals surface area contributed by atoms with Gasteiger partial charge in [-0.3, -0.25) is 4.79 Å². The van der Waals surface area contributed by atoms with Gasteiger partial charge in [-0.15, -0.1) is 0 Å². The number of rotatable bonds is 8. The van der Waals surface area contributed by atoms with E-state index >= 15 is 0 Å². The van der Waals surface area contributed by atoms with Crippen LogP contribution in [0, 0.1) is 3.57 Å². The first kappa shape index (κ1) is 20.5. The van der Waals surface area contributed by atoms with Crippen molar-refractivity contribution in [1.29, 1.82) is 0 Å². The summed E-state index contributed by atoms with van der Waals surface area (Å²) < 4.78 is 16.2. The minimum Gasteiger partial charge on any atom is -0.497 e. The van der Waals surface area contributed by atoms with Crippen molar-refractivity contribution in [3.8, 4) is 17.2 Å². The van der Waals surface area contributed by atoms with E-state index < -0.39 is 12.6 Å². The molecule has 0 atom stereocenters. The van der Waals surface area contributed by atoms with Gasteiger partial charge in [-0.25, -0.2) is 10.2 Å². The van der Waals surface area contributed by atoms with E-state index in [-0.39, 0.29) is 5.91 Å². The molecule has 0 aliphatic carbocycles. The lowest BCUT2D eigenvalue weighted by atomic mass is 10.2. The molecule has 0 spiro atoms. The zero-order valence-corrected chi connectivity index (χ0v) is 16.7. The molecule has 27 heavy (non-hydrogen) atoms. The fraction of sp³-hybridized carbons (Fsp3) is 0.167. The molecule has 0 heterocycles. The van der Waals surface area contributed by atoms with Crippen LogP contribution in [0.5, 0.6) is 17.2 Å². The van der Waals surface area contributed by atoms with Crippen LogP contribution in [0.15, 0.2) is 41.5 Å². The Morgan fingerprint density at radius 1 is 1.19 bits per heavy atom. The van der Waals surface area contributed by atoms with Gasteiger partial charge in [0, 0.05) is 5.56 Å². The summed E-state index contributed by atoms with van der Waals surface area (Å²) in [6, 6.07) is 9.98. The van der Waals surface area contributed by atoms with Gasteiger partial charge in [-0.1, -0.05) is 0 Å². The minimum atomic E-state index is -1.08. The first-order chi connectivity index (χ1) is 12.9. The third kappa shape index (κ3) is 5.84. The number of carbonyl (C=O) groups excluding carboxylic acids is 1. The predicted molar refractivity (Wildman–Crippen MR) is 107 cm³/mol. The van der Waals surface area contributed by atoms with Gasteiger partial charge >= 0.3 is 5.97 Å². The van der Waals surface area contributed by atoms with E-state index in [4.69, 9.17) is 19.3 Å². The van der Waals surface area contributed by atoms with Gasteiger partial charge in [-0.05, 0) is 64.6 Å². The second-order valence-electron chi connectivity index (χ2n) is 5.14. The first-order valence-corrected chi connectivity index (χ1v) is 8.72. The van der Waals surface area contributed by atoms with Crippen LogP contribution >= 0.6 is 22.6 Å². The second-order valence-corrected chi connectivity index (χ2v) is 6.31. The number of nitrogens with zero attached hydrogens (tertiary/aromatic N) is 1. The lowest BCUT2D eigenvalue weighted by molar-refractivity contribution is -0.139. The van der Waals surface area contributed by atoms with E-state index in [9.17, 15) is 9.59 Å². The molecule has 2 N–H and O–H groups in total. The van der Waals surface area contributed by atoms with Gasteiger partial charge in [0.15, 0.2) is 18.1 Å². The van der Waals surface area contributed by atoms with Crippen molar-refractivity contribution in [3.05, 3.63) is 51.1 Å².